The average Bonchev–Trinajstić information content (AvgIpc) is 2.45. The molecule has 0 amide bonds. The van der Waals surface area contributed by atoms with Gasteiger partial charge in [0, 0.05) is 11.0 Å². The summed E-state index contributed by atoms with van der Waals surface area (Å²) in [5, 5.41) is 0. The van der Waals surface area contributed by atoms with Gasteiger partial charge in [-0.1, -0.05) is 26.8 Å². The molecule has 1 atom stereocenters. The molecule has 2 N–H and O–H groups in total. The second-order valence-electron chi connectivity index (χ2n) is 4.63. The van der Waals surface area contributed by atoms with Crippen molar-refractivity contribution >= 4 is 0 Å². The first-order chi connectivity index (χ1) is 6.36. The number of furan rings is 1. The van der Waals surface area contributed by atoms with Crippen LogP contribution in [0.15, 0.2) is 23.1 Å². The maximum absolute atomic E-state index is 5.87. The monoisotopic (exact) mass is 193 g/mol. The lowest BCUT2D eigenvalue weighted by Crippen LogP contribution is -2.10. The fourth-order valence-electron chi connectivity index (χ4n) is 1.32. The van der Waals surface area contributed by atoms with Crippen molar-refractivity contribution < 1.29 is 4.42 Å². The standard InChI is InChI=1S/C12H19NO/c1-6-10(13)9-7-11(12(3,4)5)14-8(9)2/h6-7,10H,1,13H2,2-5H3/t10-/m1/s1. The Morgan fingerprint density at radius 3 is 2.43 bits per heavy atom. The molecule has 0 aromatic carbocycles. The van der Waals surface area contributed by atoms with E-state index >= 15 is 0 Å². The maximum atomic E-state index is 5.87. The van der Waals surface area contributed by atoms with Crippen molar-refractivity contribution in [2.24, 2.45) is 5.73 Å². The van der Waals surface area contributed by atoms with E-state index in [2.05, 4.69) is 27.4 Å². The molecule has 0 spiro atoms. The van der Waals surface area contributed by atoms with Crippen LogP contribution in [0.4, 0.5) is 0 Å². The van der Waals surface area contributed by atoms with Crippen LogP contribution in [-0.2, 0) is 5.41 Å². The van der Waals surface area contributed by atoms with Gasteiger partial charge in [-0.15, -0.1) is 6.58 Å². The van der Waals surface area contributed by atoms with Crippen molar-refractivity contribution in [3.63, 3.8) is 0 Å². The van der Waals surface area contributed by atoms with Crippen LogP contribution in [-0.4, -0.2) is 0 Å². The van der Waals surface area contributed by atoms with E-state index in [4.69, 9.17) is 10.2 Å². The molecule has 0 aliphatic carbocycles. The molecular formula is C12H19NO. The lowest BCUT2D eigenvalue weighted by Gasteiger charge is -2.13. The number of hydrogen-bond acceptors (Lipinski definition) is 2. The second-order valence-corrected chi connectivity index (χ2v) is 4.63. The van der Waals surface area contributed by atoms with E-state index in [0.717, 1.165) is 17.1 Å². The van der Waals surface area contributed by atoms with Crippen LogP contribution in [0.5, 0.6) is 0 Å². The van der Waals surface area contributed by atoms with E-state index in [-0.39, 0.29) is 11.5 Å². The summed E-state index contributed by atoms with van der Waals surface area (Å²) >= 11 is 0. The first kappa shape index (κ1) is 11.1. The molecule has 0 saturated heterocycles. The highest BCUT2D eigenvalue weighted by Crippen LogP contribution is 2.29. The molecule has 0 aliphatic heterocycles. The Morgan fingerprint density at radius 1 is 1.50 bits per heavy atom. The Hall–Kier alpha value is -1.02. The van der Waals surface area contributed by atoms with E-state index in [1.54, 1.807) is 6.08 Å². The Balaban J connectivity index is 3.11. The summed E-state index contributed by atoms with van der Waals surface area (Å²) in [5.74, 6) is 1.87. The second kappa shape index (κ2) is 3.62. The molecule has 0 fully saturated rings. The largest absolute Gasteiger partial charge is 0.465 e. The van der Waals surface area contributed by atoms with Gasteiger partial charge in [0.15, 0.2) is 0 Å². The normalized spacial score (nSPS) is 14.1. The molecule has 0 radical (unpaired) electrons. The van der Waals surface area contributed by atoms with Crippen molar-refractivity contribution in [1.29, 1.82) is 0 Å². The van der Waals surface area contributed by atoms with Gasteiger partial charge in [0.2, 0.25) is 0 Å². The van der Waals surface area contributed by atoms with Gasteiger partial charge in [-0.2, -0.15) is 0 Å². The molecule has 0 aliphatic rings. The van der Waals surface area contributed by atoms with Gasteiger partial charge in [-0.25, -0.2) is 0 Å². The number of aryl methyl sites for hydroxylation is 1. The molecule has 78 valence electrons. The smallest absolute Gasteiger partial charge is 0.109 e. The molecule has 1 aromatic rings. The molecule has 2 heteroatoms. The minimum Gasteiger partial charge on any atom is -0.465 e. The van der Waals surface area contributed by atoms with E-state index in [1.807, 2.05) is 13.0 Å². The summed E-state index contributed by atoms with van der Waals surface area (Å²) in [6.45, 7) is 12.0. The lowest BCUT2D eigenvalue weighted by molar-refractivity contribution is 0.394. The fraction of sp³-hybridized carbons (Fsp3) is 0.500. The Kier molecular flexibility index (Phi) is 2.86. The van der Waals surface area contributed by atoms with Crippen LogP contribution in [0.25, 0.3) is 0 Å². The number of hydrogen-bond donors (Lipinski definition) is 1. The predicted octanol–water partition coefficient (Wildman–Crippen LogP) is 3.07. The minimum atomic E-state index is -0.130. The summed E-state index contributed by atoms with van der Waals surface area (Å²) in [4.78, 5) is 0. The first-order valence-electron chi connectivity index (χ1n) is 4.85. The van der Waals surface area contributed by atoms with Crippen molar-refractivity contribution in [2.45, 2.75) is 39.2 Å². The topological polar surface area (TPSA) is 39.2 Å². The van der Waals surface area contributed by atoms with Gasteiger partial charge in [-0.3, -0.25) is 0 Å². The zero-order valence-electron chi connectivity index (χ0n) is 9.42. The summed E-state index contributed by atoms with van der Waals surface area (Å²) in [6.07, 6.45) is 1.73. The van der Waals surface area contributed by atoms with Gasteiger partial charge in [0.05, 0.1) is 6.04 Å². The van der Waals surface area contributed by atoms with Crippen molar-refractivity contribution in [2.75, 3.05) is 0 Å². The van der Waals surface area contributed by atoms with E-state index < -0.39 is 0 Å². The van der Waals surface area contributed by atoms with E-state index in [0.29, 0.717) is 0 Å². The molecule has 1 heterocycles. The van der Waals surface area contributed by atoms with Crippen molar-refractivity contribution in [1.82, 2.24) is 0 Å². The zero-order chi connectivity index (χ0) is 10.9. The Bertz CT molecular complexity index is 331. The van der Waals surface area contributed by atoms with Gasteiger partial charge in [0.25, 0.3) is 0 Å². The van der Waals surface area contributed by atoms with Gasteiger partial charge < -0.3 is 10.2 Å². The van der Waals surface area contributed by atoms with Crippen LogP contribution in [0.3, 0.4) is 0 Å². The van der Waals surface area contributed by atoms with Gasteiger partial charge in [-0.05, 0) is 13.0 Å². The summed E-state index contributed by atoms with van der Waals surface area (Å²) in [7, 11) is 0. The molecule has 1 aromatic heterocycles. The molecule has 0 unspecified atom stereocenters. The summed E-state index contributed by atoms with van der Waals surface area (Å²) in [5.41, 5.74) is 6.94. The third-order valence-electron chi connectivity index (χ3n) is 2.31. The van der Waals surface area contributed by atoms with Crippen LogP contribution in [0.1, 0.15) is 43.9 Å². The quantitative estimate of drug-likeness (QED) is 0.733. The molecule has 0 bridgehead atoms. The molecule has 2 nitrogen and oxygen atoms in total. The van der Waals surface area contributed by atoms with Gasteiger partial charge >= 0.3 is 0 Å². The maximum Gasteiger partial charge on any atom is 0.109 e. The van der Waals surface area contributed by atoms with E-state index in [9.17, 15) is 0 Å². The molecule has 0 saturated carbocycles. The highest BCUT2D eigenvalue weighted by atomic mass is 16.3. The third-order valence-corrected chi connectivity index (χ3v) is 2.31. The van der Waals surface area contributed by atoms with Crippen LogP contribution in [0.2, 0.25) is 0 Å². The summed E-state index contributed by atoms with van der Waals surface area (Å²) < 4.78 is 5.67. The highest BCUT2D eigenvalue weighted by molar-refractivity contribution is 5.29. The van der Waals surface area contributed by atoms with Crippen molar-refractivity contribution in [3.8, 4) is 0 Å². The third kappa shape index (κ3) is 2.07. The molecular weight excluding hydrogens is 174 g/mol. The molecule has 14 heavy (non-hydrogen) atoms. The SMILES string of the molecule is C=C[C@@H](N)c1cc(C(C)(C)C)oc1C. The first-order valence-corrected chi connectivity index (χ1v) is 4.85. The van der Waals surface area contributed by atoms with Crippen molar-refractivity contribution in [3.05, 3.63) is 35.8 Å². The van der Waals surface area contributed by atoms with Crippen LogP contribution >= 0.6 is 0 Å². The van der Waals surface area contributed by atoms with E-state index in [1.165, 1.54) is 0 Å². The lowest BCUT2D eigenvalue weighted by atomic mass is 9.92. The summed E-state index contributed by atoms with van der Waals surface area (Å²) in [6, 6.07) is 1.90. The average molecular weight is 193 g/mol. The van der Waals surface area contributed by atoms with Crippen LogP contribution in [0, 0.1) is 6.92 Å². The number of nitrogens with two attached hydrogens (primary N) is 1. The van der Waals surface area contributed by atoms with Crippen LogP contribution < -0.4 is 5.73 Å². The fourth-order valence-corrected chi connectivity index (χ4v) is 1.32. The minimum absolute atomic E-state index is 0.0316. The predicted molar refractivity (Wildman–Crippen MR) is 59.3 cm³/mol. The molecule has 1 rings (SSSR count). The Morgan fingerprint density at radius 2 is 2.07 bits per heavy atom. The zero-order valence-corrected chi connectivity index (χ0v) is 9.42. The van der Waals surface area contributed by atoms with Gasteiger partial charge in [0.1, 0.15) is 11.5 Å². The highest BCUT2D eigenvalue weighted by Gasteiger charge is 2.21. The Labute approximate surface area is 85.8 Å². The number of rotatable bonds is 2.